The van der Waals surface area contributed by atoms with Crippen LogP contribution >= 0.6 is 0 Å². The number of nitrogens with zero attached hydrogens (tertiary/aromatic N) is 1. The van der Waals surface area contributed by atoms with Gasteiger partial charge in [-0.1, -0.05) is 30.3 Å². The molecule has 2 atom stereocenters. The molecule has 1 aliphatic heterocycles. The highest BCUT2D eigenvalue weighted by Crippen LogP contribution is 2.17. The first-order valence-corrected chi connectivity index (χ1v) is 9.94. The summed E-state index contributed by atoms with van der Waals surface area (Å²) in [7, 11) is -0.864. The Kier molecular flexibility index (Phi) is 7.55. The number of amides is 2. The van der Waals surface area contributed by atoms with Crippen LogP contribution in [0, 0.1) is 5.92 Å². The summed E-state index contributed by atoms with van der Waals surface area (Å²) < 4.78 is 11.0. The summed E-state index contributed by atoms with van der Waals surface area (Å²) in [5.41, 5.74) is 1.34. The summed E-state index contributed by atoms with van der Waals surface area (Å²) in [6.45, 7) is 4.28. The molecule has 1 aliphatic rings. The van der Waals surface area contributed by atoms with Gasteiger partial charge in [0.05, 0.1) is 0 Å². The number of benzene rings is 1. The lowest BCUT2D eigenvalue weighted by Gasteiger charge is -2.32. The number of nitrogens with one attached hydrogen (secondary N) is 2. The standard InChI is InChI=1S/C17H27N3O2S/c1-23(22)11-9-18-17(21)19-12-16-8-5-10-20(14-16)13-15-6-3-2-4-7-15/h2-4,6-7,16H,5,8-14H2,1H3,(H2,18,19,21)/t16-,23-/m1/s1. The normalized spacial score (nSPS) is 20.0. The van der Waals surface area contributed by atoms with E-state index in [0.29, 0.717) is 24.8 Å². The highest BCUT2D eigenvalue weighted by Gasteiger charge is 2.20. The minimum Gasteiger partial charge on any atom is -0.338 e. The Bertz CT molecular complexity index is 510. The molecule has 1 fully saturated rings. The molecule has 0 radical (unpaired) electrons. The minimum absolute atomic E-state index is 0.157. The second-order valence-corrected chi connectivity index (χ2v) is 7.70. The molecular formula is C17H27N3O2S. The van der Waals surface area contributed by atoms with Crippen LogP contribution in [0.3, 0.4) is 0 Å². The first-order chi connectivity index (χ1) is 11.1. The lowest BCUT2D eigenvalue weighted by atomic mass is 9.97. The van der Waals surface area contributed by atoms with Crippen LogP contribution in [-0.2, 0) is 17.3 Å². The van der Waals surface area contributed by atoms with E-state index in [1.807, 2.05) is 6.07 Å². The topological polar surface area (TPSA) is 61.4 Å². The van der Waals surface area contributed by atoms with E-state index in [1.165, 1.54) is 12.0 Å². The molecule has 128 valence electrons. The maximum absolute atomic E-state index is 11.7. The minimum atomic E-state index is -0.864. The second kappa shape index (κ2) is 9.67. The number of carbonyl (C=O) groups excluding carboxylic acids is 1. The number of hydrogen-bond acceptors (Lipinski definition) is 3. The Morgan fingerprint density at radius 3 is 2.83 bits per heavy atom. The van der Waals surface area contributed by atoms with Gasteiger partial charge in [-0.25, -0.2) is 4.79 Å². The first-order valence-electron chi connectivity index (χ1n) is 8.21. The summed E-state index contributed by atoms with van der Waals surface area (Å²) in [4.78, 5) is 14.2. The van der Waals surface area contributed by atoms with Crippen molar-refractivity contribution in [2.45, 2.75) is 19.4 Å². The zero-order valence-electron chi connectivity index (χ0n) is 13.8. The van der Waals surface area contributed by atoms with E-state index in [4.69, 9.17) is 0 Å². The first kappa shape index (κ1) is 17.9. The van der Waals surface area contributed by atoms with Gasteiger partial charge in [-0.2, -0.15) is 0 Å². The molecule has 2 N–H and O–H groups in total. The van der Waals surface area contributed by atoms with Crippen molar-refractivity contribution in [1.82, 2.24) is 15.5 Å². The number of urea groups is 1. The Labute approximate surface area is 141 Å². The van der Waals surface area contributed by atoms with Crippen LogP contribution in [0.5, 0.6) is 0 Å². The molecule has 5 nitrogen and oxygen atoms in total. The molecule has 0 aromatic heterocycles. The molecule has 1 saturated heterocycles. The molecule has 1 heterocycles. The molecule has 1 aromatic rings. The van der Waals surface area contributed by atoms with Crippen molar-refractivity contribution in [2.75, 3.05) is 38.2 Å². The molecule has 2 amide bonds. The number of likely N-dealkylation sites (tertiary alicyclic amines) is 1. The number of carbonyl (C=O) groups is 1. The van der Waals surface area contributed by atoms with Gasteiger partial charge in [-0.05, 0) is 30.9 Å². The Morgan fingerprint density at radius 1 is 1.30 bits per heavy atom. The molecule has 0 aliphatic carbocycles. The van der Waals surface area contributed by atoms with Crippen LogP contribution in [-0.4, -0.2) is 53.3 Å². The smallest absolute Gasteiger partial charge is 0.314 e. The quantitative estimate of drug-likeness (QED) is 0.794. The maximum Gasteiger partial charge on any atom is 0.314 e. The van der Waals surface area contributed by atoms with Gasteiger partial charge in [-0.3, -0.25) is 9.11 Å². The molecule has 2 rings (SSSR count). The SMILES string of the molecule is C[S@@](=O)CCNC(=O)NC[C@H]1CCCN(Cc2ccccc2)C1. The molecule has 1 aromatic carbocycles. The van der Waals surface area contributed by atoms with E-state index < -0.39 is 10.8 Å². The third-order valence-corrected chi connectivity index (χ3v) is 4.86. The van der Waals surface area contributed by atoms with Crippen LogP contribution in [0.25, 0.3) is 0 Å². The molecular weight excluding hydrogens is 310 g/mol. The van der Waals surface area contributed by atoms with Gasteiger partial charge in [0.1, 0.15) is 0 Å². The van der Waals surface area contributed by atoms with Crippen molar-refractivity contribution in [3.63, 3.8) is 0 Å². The van der Waals surface area contributed by atoms with Crippen LogP contribution in [0.1, 0.15) is 18.4 Å². The van der Waals surface area contributed by atoms with Gasteiger partial charge in [0, 0.05) is 49.0 Å². The summed E-state index contributed by atoms with van der Waals surface area (Å²) in [5, 5.41) is 5.68. The van der Waals surface area contributed by atoms with Gasteiger partial charge in [-0.15, -0.1) is 0 Å². The van der Waals surface area contributed by atoms with Gasteiger partial charge < -0.3 is 10.6 Å². The zero-order chi connectivity index (χ0) is 16.5. The van der Waals surface area contributed by atoms with E-state index in [1.54, 1.807) is 6.26 Å². The predicted molar refractivity (Wildman–Crippen MR) is 94.8 cm³/mol. The van der Waals surface area contributed by atoms with Crippen molar-refractivity contribution in [2.24, 2.45) is 5.92 Å². The van der Waals surface area contributed by atoms with Gasteiger partial charge >= 0.3 is 6.03 Å². The molecule has 0 saturated carbocycles. The lowest BCUT2D eigenvalue weighted by Crippen LogP contribution is -2.44. The van der Waals surface area contributed by atoms with Gasteiger partial charge in [0.25, 0.3) is 0 Å². The lowest BCUT2D eigenvalue weighted by molar-refractivity contribution is 0.165. The number of piperidine rings is 1. The largest absolute Gasteiger partial charge is 0.338 e. The highest BCUT2D eigenvalue weighted by atomic mass is 32.2. The Balaban J connectivity index is 1.67. The van der Waals surface area contributed by atoms with Crippen LogP contribution < -0.4 is 10.6 Å². The number of rotatable bonds is 7. The summed E-state index contributed by atoms with van der Waals surface area (Å²) in [5.74, 6) is 1.00. The van der Waals surface area contributed by atoms with E-state index >= 15 is 0 Å². The molecule has 6 heteroatoms. The fraction of sp³-hybridized carbons (Fsp3) is 0.588. The Hall–Kier alpha value is -1.40. The van der Waals surface area contributed by atoms with E-state index in [0.717, 1.165) is 26.1 Å². The molecule has 0 spiro atoms. The third kappa shape index (κ3) is 7.14. The monoisotopic (exact) mass is 337 g/mol. The summed E-state index contributed by atoms with van der Waals surface area (Å²) in [6.07, 6.45) is 3.98. The predicted octanol–water partition coefficient (Wildman–Crippen LogP) is 1.58. The average molecular weight is 337 g/mol. The van der Waals surface area contributed by atoms with Crippen LogP contribution in [0.15, 0.2) is 30.3 Å². The summed E-state index contributed by atoms with van der Waals surface area (Å²) >= 11 is 0. The van der Waals surface area contributed by atoms with Crippen molar-refractivity contribution < 1.29 is 9.00 Å². The fourth-order valence-corrected chi connectivity index (χ4v) is 3.30. The fourth-order valence-electron chi connectivity index (χ4n) is 2.91. The molecule has 0 unspecified atom stereocenters. The van der Waals surface area contributed by atoms with Crippen LogP contribution in [0.4, 0.5) is 4.79 Å². The number of hydrogen-bond donors (Lipinski definition) is 2. The van der Waals surface area contributed by atoms with Crippen LogP contribution in [0.2, 0.25) is 0 Å². The van der Waals surface area contributed by atoms with E-state index in [9.17, 15) is 9.00 Å². The van der Waals surface area contributed by atoms with Gasteiger partial charge in [0.15, 0.2) is 0 Å². The van der Waals surface area contributed by atoms with Crippen molar-refractivity contribution in [3.05, 3.63) is 35.9 Å². The van der Waals surface area contributed by atoms with Gasteiger partial charge in [0.2, 0.25) is 0 Å². The zero-order valence-corrected chi connectivity index (χ0v) is 14.6. The highest BCUT2D eigenvalue weighted by molar-refractivity contribution is 7.84. The van der Waals surface area contributed by atoms with Crippen molar-refractivity contribution in [1.29, 1.82) is 0 Å². The van der Waals surface area contributed by atoms with E-state index in [-0.39, 0.29) is 6.03 Å². The Morgan fingerprint density at radius 2 is 2.09 bits per heavy atom. The van der Waals surface area contributed by atoms with E-state index in [2.05, 4.69) is 39.8 Å². The molecule has 0 bridgehead atoms. The summed E-state index contributed by atoms with van der Waals surface area (Å²) in [6, 6.07) is 10.4. The maximum atomic E-state index is 11.7. The second-order valence-electron chi connectivity index (χ2n) is 6.14. The van der Waals surface area contributed by atoms with Crippen molar-refractivity contribution >= 4 is 16.8 Å². The molecule has 23 heavy (non-hydrogen) atoms. The van der Waals surface area contributed by atoms with Crippen molar-refractivity contribution in [3.8, 4) is 0 Å². The average Bonchev–Trinajstić information content (AvgIpc) is 2.54. The third-order valence-electron chi connectivity index (χ3n) is 4.08.